The van der Waals surface area contributed by atoms with E-state index in [1.165, 1.54) is 34.9 Å². The van der Waals surface area contributed by atoms with Crippen LogP contribution in [0, 0.1) is 18.6 Å². The Morgan fingerprint density at radius 2 is 1.79 bits per heavy atom. The van der Waals surface area contributed by atoms with Crippen molar-refractivity contribution in [1.29, 1.82) is 0 Å². The van der Waals surface area contributed by atoms with Crippen LogP contribution in [0.5, 0.6) is 0 Å². The first-order valence-corrected chi connectivity index (χ1v) is 7.25. The second kappa shape index (κ2) is 6.23. The van der Waals surface area contributed by atoms with Crippen molar-refractivity contribution in [1.82, 2.24) is 9.55 Å². The highest BCUT2D eigenvalue weighted by molar-refractivity contribution is 5.70. The van der Waals surface area contributed by atoms with Gasteiger partial charge in [-0.05, 0) is 55.0 Å². The lowest BCUT2D eigenvalue weighted by molar-refractivity contribution is -0.137. The minimum absolute atomic E-state index is 0.278. The van der Waals surface area contributed by atoms with Crippen LogP contribution in [0.3, 0.4) is 0 Å². The number of carboxylic acid groups (broad SMARTS) is 1. The Kier molecular flexibility index (Phi) is 4.12. The number of carbonyl (C=O) groups is 1. The topological polar surface area (TPSA) is 55.1 Å². The van der Waals surface area contributed by atoms with E-state index in [-0.39, 0.29) is 18.2 Å². The number of aryl methyl sites for hydroxylation is 1. The fourth-order valence-corrected chi connectivity index (χ4v) is 2.45. The van der Waals surface area contributed by atoms with Gasteiger partial charge in [0.15, 0.2) is 0 Å². The second-order valence-corrected chi connectivity index (χ2v) is 5.44. The van der Waals surface area contributed by atoms with Crippen LogP contribution in [0.25, 0.3) is 22.6 Å². The van der Waals surface area contributed by atoms with E-state index in [1.807, 2.05) is 0 Å². The quantitative estimate of drug-likeness (QED) is 0.790. The number of nitrogens with zero attached hydrogens (tertiary/aromatic N) is 2. The van der Waals surface area contributed by atoms with Crippen LogP contribution in [0.2, 0.25) is 0 Å². The molecule has 4 nitrogen and oxygen atoms in total. The number of hydrogen-bond donors (Lipinski definition) is 1. The third-order valence-electron chi connectivity index (χ3n) is 3.64. The molecule has 0 spiro atoms. The number of halogens is 2. The molecule has 1 N–H and O–H groups in total. The van der Waals surface area contributed by atoms with Crippen molar-refractivity contribution in [2.45, 2.75) is 13.5 Å². The van der Waals surface area contributed by atoms with Crippen LogP contribution in [-0.4, -0.2) is 20.6 Å². The van der Waals surface area contributed by atoms with Crippen LogP contribution >= 0.6 is 0 Å². The average Bonchev–Trinajstić information content (AvgIpc) is 2.94. The molecule has 0 bridgehead atoms. The van der Waals surface area contributed by atoms with Gasteiger partial charge in [0.25, 0.3) is 0 Å². The second-order valence-electron chi connectivity index (χ2n) is 5.44. The molecule has 6 heteroatoms. The summed E-state index contributed by atoms with van der Waals surface area (Å²) in [4.78, 5) is 15.6. The van der Waals surface area contributed by atoms with Crippen LogP contribution < -0.4 is 0 Å². The summed E-state index contributed by atoms with van der Waals surface area (Å²) in [6, 6.07) is 10.2. The molecule has 1 heterocycles. The van der Waals surface area contributed by atoms with Crippen molar-refractivity contribution in [2.75, 3.05) is 0 Å². The summed E-state index contributed by atoms with van der Waals surface area (Å²) in [6.45, 7) is 1.37. The first-order chi connectivity index (χ1) is 11.4. The molecular formula is C18H14F2N2O2. The highest BCUT2D eigenvalue weighted by Gasteiger charge is 2.14. The van der Waals surface area contributed by atoms with E-state index in [1.54, 1.807) is 25.3 Å². The van der Waals surface area contributed by atoms with Gasteiger partial charge in [0.05, 0.1) is 5.69 Å². The summed E-state index contributed by atoms with van der Waals surface area (Å²) in [7, 11) is 0. The molecule has 2 aromatic carbocycles. The molecule has 24 heavy (non-hydrogen) atoms. The first kappa shape index (κ1) is 15.9. The molecule has 0 saturated carbocycles. The molecule has 122 valence electrons. The summed E-state index contributed by atoms with van der Waals surface area (Å²) in [5.41, 5.74) is 2.28. The van der Waals surface area contributed by atoms with Crippen LogP contribution in [0.15, 0.2) is 48.7 Å². The predicted molar refractivity (Wildman–Crippen MR) is 85.4 cm³/mol. The smallest absolute Gasteiger partial charge is 0.323 e. The van der Waals surface area contributed by atoms with Gasteiger partial charge in [-0.3, -0.25) is 4.79 Å². The number of hydrogen-bond acceptors (Lipinski definition) is 2. The maximum absolute atomic E-state index is 13.4. The van der Waals surface area contributed by atoms with Crippen LogP contribution in [0.4, 0.5) is 8.78 Å². The molecule has 0 amide bonds. The van der Waals surface area contributed by atoms with Crippen molar-refractivity contribution in [3.63, 3.8) is 0 Å². The van der Waals surface area contributed by atoms with Crippen molar-refractivity contribution < 1.29 is 18.7 Å². The van der Waals surface area contributed by atoms with Crippen molar-refractivity contribution in [3.05, 3.63) is 65.9 Å². The lowest BCUT2D eigenvalue weighted by Crippen LogP contribution is -2.09. The van der Waals surface area contributed by atoms with Gasteiger partial charge in [-0.25, -0.2) is 13.8 Å². The lowest BCUT2D eigenvalue weighted by atomic mass is 10.1. The zero-order chi connectivity index (χ0) is 17.3. The van der Waals surface area contributed by atoms with Gasteiger partial charge in [0.1, 0.15) is 24.0 Å². The Hall–Kier alpha value is -3.02. The minimum Gasteiger partial charge on any atom is -0.480 e. The highest BCUT2D eigenvalue weighted by Crippen LogP contribution is 2.26. The van der Waals surface area contributed by atoms with Crippen molar-refractivity contribution in [2.24, 2.45) is 0 Å². The Bertz CT molecular complexity index is 902. The van der Waals surface area contributed by atoms with Gasteiger partial charge >= 0.3 is 5.97 Å². The van der Waals surface area contributed by atoms with Crippen molar-refractivity contribution in [3.8, 4) is 22.6 Å². The summed E-state index contributed by atoms with van der Waals surface area (Å²) in [5.74, 6) is -1.31. The Balaban J connectivity index is 2.10. The van der Waals surface area contributed by atoms with Gasteiger partial charge in [-0.1, -0.05) is 0 Å². The summed E-state index contributed by atoms with van der Waals surface area (Å²) in [6.07, 6.45) is 1.60. The summed E-state index contributed by atoms with van der Waals surface area (Å²) >= 11 is 0. The van der Waals surface area contributed by atoms with Gasteiger partial charge in [0, 0.05) is 17.3 Å². The molecule has 0 aliphatic heterocycles. The molecule has 0 aliphatic carbocycles. The van der Waals surface area contributed by atoms with Crippen molar-refractivity contribution >= 4 is 5.97 Å². The molecule has 0 radical (unpaired) electrons. The molecule has 0 fully saturated rings. The van der Waals surface area contributed by atoms with Gasteiger partial charge in [-0.15, -0.1) is 0 Å². The third-order valence-corrected chi connectivity index (χ3v) is 3.64. The minimum atomic E-state index is -1.02. The zero-order valence-corrected chi connectivity index (χ0v) is 12.8. The highest BCUT2D eigenvalue weighted by atomic mass is 19.1. The van der Waals surface area contributed by atoms with Gasteiger partial charge < -0.3 is 9.67 Å². The third kappa shape index (κ3) is 3.17. The van der Waals surface area contributed by atoms with E-state index in [2.05, 4.69) is 4.98 Å². The van der Waals surface area contributed by atoms with Gasteiger partial charge in [-0.2, -0.15) is 0 Å². The SMILES string of the molecule is Cc1cc(-c2cn(CC(=O)O)c(-c3ccc(F)cc3)n2)ccc1F. The maximum Gasteiger partial charge on any atom is 0.323 e. The van der Waals surface area contributed by atoms with Crippen LogP contribution in [0.1, 0.15) is 5.56 Å². The molecule has 1 aromatic heterocycles. The van der Waals surface area contributed by atoms with E-state index in [0.717, 1.165) is 0 Å². The molecule has 3 aromatic rings. The van der Waals surface area contributed by atoms with Crippen LogP contribution in [-0.2, 0) is 11.3 Å². The lowest BCUT2D eigenvalue weighted by Gasteiger charge is -2.04. The largest absolute Gasteiger partial charge is 0.480 e. The fourth-order valence-electron chi connectivity index (χ4n) is 2.45. The Morgan fingerprint density at radius 3 is 2.42 bits per heavy atom. The molecule has 0 atom stereocenters. The predicted octanol–water partition coefficient (Wildman–Crippen LogP) is 3.89. The van der Waals surface area contributed by atoms with E-state index in [0.29, 0.717) is 28.2 Å². The van der Waals surface area contributed by atoms with E-state index < -0.39 is 5.97 Å². The first-order valence-electron chi connectivity index (χ1n) is 7.25. The molecule has 0 unspecified atom stereocenters. The average molecular weight is 328 g/mol. The van der Waals surface area contributed by atoms with E-state index in [4.69, 9.17) is 5.11 Å². The fraction of sp³-hybridized carbons (Fsp3) is 0.111. The number of rotatable bonds is 4. The monoisotopic (exact) mass is 328 g/mol. The molecular weight excluding hydrogens is 314 g/mol. The summed E-state index contributed by atoms with van der Waals surface area (Å²) in [5, 5.41) is 9.08. The Morgan fingerprint density at radius 1 is 1.12 bits per heavy atom. The molecule has 0 aliphatic rings. The normalized spacial score (nSPS) is 10.8. The number of carboxylic acids is 1. The number of benzene rings is 2. The number of aromatic nitrogens is 2. The zero-order valence-electron chi connectivity index (χ0n) is 12.8. The van der Waals surface area contributed by atoms with Gasteiger partial charge in [0.2, 0.25) is 0 Å². The molecule has 0 saturated heterocycles. The number of aliphatic carboxylic acids is 1. The maximum atomic E-state index is 13.4. The standard InChI is InChI=1S/C18H14F2N2O2/c1-11-8-13(4-7-15(11)20)16-9-22(10-17(23)24)18(21-16)12-2-5-14(19)6-3-12/h2-9H,10H2,1H3,(H,23,24). The number of imidazole rings is 1. The molecule has 3 rings (SSSR count). The van der Waals surface area contributed by atoms with E-state index in [9.17, 15) is 13.6 Å². The van der Waals surface area contributed by atoms with E-state index >= 15 is 0 Å². The summed E-state index contributed by atoms with van der Waals surface area (Å²) < 4.78 is 28.0. The Labute approximate surface area is 137 Å².